The highest BCUT2D eigenvalue weighted by Gasteiger charge is 2.39. The second kappa shape index (κ2) is 6.39. The first-order chi connectivity index (χ1) is 11.0. The van der Waals surface area contributed by atoms with Crippen LogP contribution in [0.3, 0.4) is 0 Å². The van der Waals surface area contributed by atoms with Gasteiger partial charge in [0.25, 0.3) is 0 Å². The maximum absolute atomic E-state index is 13.2. The average Bonchev–Trinajstić information content (AvgIpc) is 2.79. The number of hydrogen-bond acceptors (Lipinski definition) is 5. The summed E-state index contributed by atoms with van der Waals surface area (Å²) < 4.78 is 40.4. The fourth-order valence-electron chi connectivity index (χ4n) is 2.32. The topological polar surface area (TPSA) is 92.8 Å². The monoisotopic (exact) mass is 358 g/mol. The van der Waals surface area contributed by atoms with Crippen molar-refractivity contribution in [2.24, 2.45) is 0 Å². The molecule has 1 aliphatic heterocycles. The van der Waals surface area contributed by atoms with E-state index in [4.69, 9.17) is 4.74 Å². The Morgan fingerprint density at radius 3 is 2.50 bits per heavy atom. The van der Waals surface area contributed by atoms with Gasteiger partial charge in [-0.25, -0.2) is 4.79 Å². The first-order valence-corrected chi connectivity index (χ1v) is 8.75. The summed E-state index contributed by atoms with van der Waals surface area (Å²) >= 11 is 0. The molecule has 0 bridgehead atoms. The standard InChI is InChI=1S/C15H19FN2O5S/c1-15(2,3)23-14(20)17-11-6-4-5-7-12(11)18-9-10(8-13(18)19)24(16,21)22/h4-7,10H,8-9H2,1-3H3,(H,17,20). The molecule has 0 aromatic heterocycles. The number of halogens is 1. The smallest absolute Gasteiger partial charge is 0.412 e. The number of rotatable bonds is 3. The van der Waals surface area contributed by atoms with E-state index in [1.165, 1.54) is 6.07 Å². The lowest BCUT2D eigenvalue weighted by atomic mass is 10.2. The molecule has 1 atom stereocenters. The molecule has 0 spiro atoms. The minimum absolute atomic E-state index is 0.275. The highest BCUT2D eigenvalue weighted by atomic mass is 32.3. The zero-order valence-electron chi connectivity index (χ0n) is 13.6. The van der Waals surface area contributed by atoms with Gasteiger partial charge in [-0.2, -0.15) is 8.42 Å². The third-order valence-electron chi connectivity index (χ3n) is 3.32. The van der Waals surface area contributed by atoms with Crippen LogP contribution >= 0.6 is 0 Å². The molecule has 2 amide bonds. The van der Waals surface area contributed by atoms with Gasteiger partial charge < -0.3 is 9.64 Å². The van der Waals surface area contributed by atoms with Crippen LogP contribution in [0.4, 0.5) is 20.1 Å². The van der Waals surface area contributed by atoms with Crippen molar-refractivity contribution < 1.29 is 26.6 Å². The molecule has 0 aliphatic carbocycles. The average molecular weight is 358 g/mol. The van der Waals surface area contributed by atoms with E-state index in [9.17, 15) is 21.9 Å². The third-order valence-corrected chi connectivity index (χ3v) is 4.43. The number of anilines is 2. The molecular weight excluding hydrogens is 339 g/mol. The van der Waals surface area contributed by atoms with Crippen molar-refractivity contribution in [1.29, 1.82) is 0 Å². The van der Waals surface area contributed by atoms with E-state index in [0.29, 0.717) is 5.69 Å². The van der Waals surface area contributed by atoms with Crippen LogP contribution in [-0.2, 0) is 19.8 Å². The number of benzene rings is 1. The summed E-state index contributed by atoms with van der Waals surface area (Å²) in [6.07, 6.45) is -1.14. The van der Waals surface area contributed by atoms with E-state index in [1.54, 1.807) is 39.0 Å². The summed E-state index contributed by atoms with van der Waals surface area (Å²) in [6.45, 7) is 4.82. The van der Waals surface area contributed by atoms with E-state index in [1.807, 2.05) is 0 Å². The van der Waals surface area contributed by atoms with Crippen LogP contribution in [0, 0.1) is 0 Å². The van der Waals surface area contributed by atoms with Crippen LogP contribution in [-0.4, -0.2) is 37.8 Å². The molecular formula is C15H19FN2O5S. The molecule has 1 N–H and O–H groups in total. The highest BCUT2D eigenvalue weighted by molar-refractivity contribution is 7.87. The molecule has 0 saturated carbocycles. The predicted octanol–water partition coefficient (Wildman–Crippen LogP) is 2.44. The van der Waals surface area contributed by atoms with Crippen molar-refractivity contribution in [1.82, 2.24) is 0 Å². The fraction of sp³-hybridized carbons (Fsp3) is 0.467. The molecule has 0 radical (unpaired) electrons. The second-order valence-electron chi connectivity index (χ2n) is 6.45. The van der Waals surface area contributed by atoms with Crippen molar-refractivity contribution >= 4 is 33.6 Å². The molecule has 7 nitrogen and oxygen atoms in total. The quantitative estimate of drug-likeness (QED) is 0.838. The first-order valence-electron chi connectivity index (χ1n) is 7.30. The van der Waals surface area contributed by atoms with Crippen molar-refractivity contribution in [2.45, 2.75) is 38.0 Å². The van der Waals surface area contributed by atoms with Crippen LogP contribution in [0.2, 0.25) is 0 Å². The minimum Gasteiger partial charge on any atom is -0.444 e. The number of carbonyl (C=O) groups excluding carboxylic acids is 2. The number of nitrogens with one attached hydrogen (secondary N) is 1. The Balaban J connectivity index is 2.23. The Hall–Kier alpha value is -2.16. The van der Waals surface area contributed by atoms with E-state index in [-0.39, 0.29) is 12.2 Å². The maximum Gasteiger partial charge on any atom is 0.412 e. The summed E-state index contributed by atoms with van der Waals surface area (Å²) in [7, 11) is -4.81. The van der Waals surface area contributed by atoms with Crippen molar-refractivity contribution in [3.8, 4) is 0 Å². The van der Waals surface area contributed by atoms with Gasteiger partial charge >= 0.3 is 16.3 Å². The number of para-hydroxylation sites is 2. The number of carbonyl (C=O) groups is 2. The Morgan fingerprint density at radius 1 is 1.33 bits per heavy atom. The lowest BCUT2D eigenvalue weighted by Gasteiger charge is -2.23. The Morgan fingerprint density at radius 2 is 1.96 bits per heavy atom. The van der Waals surface area contributed by atoms with E-state index >= 15 is 0 Å². The zero-order valence-corrected chi connectivity index (χ0v) is 14.4. The summed E-state index contributed by atoms with van der Waals surface area (Å²) in [5, 5.41) is 1.12. The van der Waals surface area contributed by atoms with Crippen LogP contribution in [0.1, 0.15) is 27.2 Å². The molecule has 1 aromatic carbocycles. The van der Waals surface area contributed by atoms with Crippen LogP contribution in [0.25, 0.3) is 0 Å². The zero-order chi connectivity index (χ0) is 18.1. The largest absolute Gasteiger partial charge is 0.444 e. The van der Waals surface area contributed by atoms with Gasteiger partial charge in [-0.05, 0) is 32.9 Å². The van der Waals surface area contributed by atoms with E-state index in [0.717, 1.165) is 4.90 Å². The van der Waals surface area contributed by atoms with Crippen LogP contribution in [0.5, 0.6) is 0 Å². The van der Waals surface area contributed by atoms with Gasteiger partial charge in [0, 0.05) is 13.0 Å². The molecule has 1 aromatic rings. The van der Waals surface area contributed by atoms with Gasteiger partial charge in [0.1, 0.15) is 10.9 Å². The van der Waals surface area contributed by atoms with Gasteiger partial charge in [0.05, 0.1) is 11.4 Å². The summed E-state index contributed by atoms with van der Waals surface area (Å²) in [5.74, 6) is -0.528. The molecule has 24 heavy (non-hydrogen) atoms. The molecule has 9 heteroatoms. The highest BCUT2D eigenvalue weighted by Crippen LogP contribution is 2.31. The third kappa shape index (κ3) is 4.44. The van der Waals surface area contributed by atoms with Crippen molar-refractivity contribution in [3.63, 3.8) is 0 Å². The van der Waals surface area contributed by atoms with Gasteiger partial charge in [-0.15, -0.1) is 3.89 Å². The molecule has 1 aliphatic rings. The molecule has 1 saturated heterocycles. The molecule has 132 valence electrons. The number of nitrogens with zero attached hydrogens (tertiary/aromatic N) is 1. The van der Waals surface area contributed by atoms with Gasteiger partial charge in [0.15, 0.2) is 0 Å². The Bertz CT molecular complexity index is 757. The van der Waals surface area contributed by atoms with Gasteiger partial charge in [0.2, 0.25) is 5.91 Å². The Labute approximate surface area is 140 Å². The molecule has 1 unspecified atom stereocenters. The fourth-order valence-corrected chi connectivity index (χ4v) is 2.99. The summed E-state index contributed by atoms with van der Waals surface area (Å²) in [5.41, 5.74) is -0.132. The predicted molar refractivity (Wildman–Crippen MR) is 87.1 cm³/mol. The van der Waals surface area contributed by atoms with Crippen molar-refractivity contribution in [2.75, 3.05) is 16.8 Å². The SMILES string of the molecule is CC(C)(C)OC(=O)Nc1ccccc1N1CC(S(=O)(=O)F)CC1=O. The normalized spacial score (nSPS) is 18.6. The molecule has 1 heterocycles. The summed E-state index contributed by atoms with van der Waals surface area (Å²) in [4.78, 5) is 25.1. The number of amides is 2. The minimum atomic E-state index is -4.81. The first kappa shape index (κ1) is 18.2. The maximum atomic E-state index is 13.2. The lowest BCUT2D eigenvalue weighted by Crippen LogP contribution is -2.30. The van der Waals surface area contributed by atoms with Crippen LogP contribution in [0.15, 0.2) is 24.3 Å². The van der Waals surface area contributed by atoms with E-state index in [2.05, 4.69) is 5.32 Å². The van der Waals surface area contributed by atoms with Crippen molar-refractivity contribution in [3.05, 3.63) is 24.3 Å². The molecule has 2 rings (SSSR count). The van der Waals surface area contributed by atoms with Gasteiger partial charge in [-0.1, -0.05) is 12.1 Å². The molecule has 1 fully saturated rings. The van der Waals surface area contributed by atoms with Crippen LogP contribution < -0.4 is 10.2 Å². The second-order valence-corrected chi connectivity index (χ2v) is 8.07. The number of ether oxygens (including phenoxy) is 1. The summed E-state index contributed by atoms with van der Waals surface area (Å²) in [6, 6.07) is 6.35. The number of hydrogen-bond donors (Lipinski definition) is 1. The lowest BCUT2D eigenvalue weighted by molar-refractivity contribution is -0.117. The van der Waals surface area contributed by atoms with E-state index < -0.39 is 39.5 Å². The Kier molecular flexibility index (Phi) is 4.84. The van der Waals surface area contributed by atoms with Gasteiger partial charge in [-0.3, -0.25) is 10.1 Å².